The fourth-order valence-corrected chi connectivity index (χ4v) is 4.32. The van der Waals surface area contributed by atoms with E-state index < -0.39 is 0 Å². The van der Waals surface area contributed by atoms with Crippen molar-refractivity contribution in [3.05, 3.63) is 112 Å². The number of benzene rings is 2. The van der Waals surface area contributed by atoms with Gasteiger partial charge in [0, 0.05) is 5.69 Å². The molecule has 5 heteroatoms. The summed E-state index contributed by atoms with van der Waals surface area (Å²) in [6.45, 7) is 1.83. The van der Waals surface area contributed by atoms with Crippen molar-refractivity contribution in [2.45, 2.75) is 19.5 Å². The number of hydrogen-bond acceptors (Lipinski definition) is 3. The van der Waals surface area contributed by atoms with E-state index >= 15 is 0 Å². The highest BCUT2D eigenvalue weighted by molar-refractivity contribution is 7.09. The molecular formula is C25H25N2O2S+. The Kier molecular flexibility index (Phi) is 6.75. The fraction of sp³-hybridized carbons (Fsp3) is 0.160. The van der Waals surface area contributed by atoms with E-state index in [1.165, 1.54) is 10.4 Å². The summed E-state index contributed by atoms with van der Waals surface area (Å²) in [6, 6.07) is 26.3. The van der Waals surface area contributed by atoms with Gasteiger partial charge in [0.05, 0.1) is 11.1 Å². The van der Waals surface area contributed by atoms with Crippen LogP contribution < -0.4 is 10.2 Å². The van der Waals surface area contributed by atoms with Gasteiger partial charge in [-0.25, -0.2) is 0 Å². The van der Waals surface area contributed by atoms with Crippen molar-refractivity contribution in [3.63, 3.8) is 0 Å². The van der Waals surface area contributed by atoms with Crippen LogP contribution in [0.15, 0.2) is 94.9 Å². The smallest absolute Gasteiger partial charge is 0.279 e. The Hall–Kier alpha value is -3.15. The molecule has 4 rings (SSSR count). The summed E-state index contributed by atoms with van der Waals surface area (Å²) in [4.78, 5) is 15.3. The van der Waals surface area contributed by atoms with Crippen LogP contribution in [-0.2, 0) is 24.3 Å². The highest BCUT2D eigenvalue weighted by Gasteiger charge is 2.18. The number of furan rings is 1. The largest absolute Gasteiger partial charge is 0.463 e. The Balaban J connectivity index is 1.44. The van der Waals surface area contributed by atoms with E-state index in [9.17, 15) is 4.79 Å². The molecule has 0 radical (unpaired) electrons. The van der Waals surface area contributed by atoms with Gasteiger partial charge in [-0.05, 0) is 47.2 Å². The van der Waals surface area contributed by atoms with Gasteiger partial charge in [0.2, 0.25) is 0 Å². The summed E-state index contributed by atoms with van der Waals surface area (Å²) < 4.78 is 5.52. The van der Waals surface area contributed by atoms with Crippen molar-refractivity contribution in [1.82, 2.24) is 0 Å². The van der Waals surface area contributed by atoms with Gasteiger partial charge in [0.1, 0.15) is 13.1 Å². The lowest BCUT2D eigenvalue weighted by Gasteiger charge is -2.18. The number of thiophene rings is 1. The maximum absolute atomic E-state index is 12.9. The van der Waals surface area contributed by atoms with Crippen LogP contribution in [0.1, 0.15) is 21.8 Å². The molecule has 2 aromatic heterocycles. The van der Waals surface area contributed by atoms with E-state index in [0.717, 1.165) is 34.9 Å². The number of para-hydroxylation sites is 1. The topological polar surface area (TPSA) is 46.7 Å². The molecule has 0 bridgehead atoms. The number of carbonyl (C=O) groups is 1. The molecule has 0 saturated heterocycles. The number of hydrogen-bond donors (Lipinski definition) is 2. The zero-order chi connectivity index (χ0) is 20.6. The first kappa shape index (κ1) is 20.1. The molecule has 2 aromatic carbocycles. The van der Waals surface area contributed by atoms with Crippen molar-refractivity contribution in [1.29, 1.82) is 0 Å². The van der Waals surface area contributed by atoms with Crippen LogP contribution in [0.5, 0.6) is 0 Å². The van der Waals surface area contributed by atoms with Crippen LogP contribution in [0.3, 0.4) is 0 Å². The second kappa shape index (κ2) is 10.1. The zero-order valence-electron chi connectivity index (χ0n) is 16.7. The number of quaternary nitrogens is 1. The molecule has 1 amide bonds. The first-order chi connectivity index (χ1) is 14.8. The molecule has 0 fully saturated rings. The van der Waals surface area contributed by atoms with Crippen molar-refractivity contribution >= 4 is 22.9 Å². The zero-order valence-corrected chi connectivity index (χ0v) is 17.5. The van der Waals surface area contributed by atoms with Crippen molar-refractivity contribution in [2.75, 3.05) is 11.9 Å². The van der Waals surface area contributed by atoms with E-state index in [1.807, 2.05) is 54.6 Å². The van der Waals surface area contributed by atoms with Crippen LogP contribution in [0.4, 0.5) is 5.69 Å². The van der Waals surface area contributed by atoms with Crippen molar-refractivity contribution < 1.29 is 14.1 Å². The predicted molar refractivity (Wildman–Crippen MR) is 121 cm³/mol. The number of anilines is 1. The highest BCUT2D eigenvalue weighted by atomic mass is 32.1. The Labute approximate surface area is 180 Å². The first-order valence-corrected chi connectivity index (χ1v) is 10.9. The second-order valence-corrected chi connectivity index (χ2v) is 8.34. The molecule has 0 saturated carbocycles. The normalized spacial score (nSPS) is 11.9. The Morgan fingerprint density at radius 2 is 1.73 bits per heavy atom. The van der Waals surface area contributed by atoms with Gasteiger partial charge in [-0.3, -0.25) is 4.79 Å². The standard InChI is InChI=1S/C25H24N2O2S/c28-25(19-27(17-22-11-6-14-29-22)18-23-12-7-15-30-23)26-24-13-5-4-10-21(24)16-20-8-2-1-3-9-20/h1-15H,16-19H2,(H,26,28)/p+1. The fourth-order valence-electron chi connectivity index (χ4n) is 3.54. The lowest BCUT2D eigenvalue weighted by Crippen LogP contribution is -3.10. The van der Waals surface area contributed by atoms with Crippen LogP contribution in [-0.4, -0.2) is 12.5 Å². The van der Waals surface area contributed by atoms with Gasteiger partial charge in [-0.1, -0.05) is 54.6 Å². The number of nitrogens with one attached hydrogen (secondary N) is 2. The van der Waals surface area contributed by atoms with E-state index in [0.29, 0.717) is 13.1 Å². The maximum Gasteiger partial charge on any atom is 0.279 e. The molecule has 2 N–H and O–H groups in total. The van der Waals surface area contributed by atoms with Gasteiger partial charge in [0.25, 0.3) is 5.91 Å². The predicted octanol–water partition coefficient (Wildman–Crippen LogP) is 4.16. The van der Waals surface area contributed by atoms with Crippen LogP contribution in [0.2, 0.25) is 0 Å². The molecule has 0 aliphatic carbocycles. The molecule has 4 nitrogen and oxygen atoms in total. The summed E-state index contributed by atoms with van der Waals surface area (Å²) in [5.74, 6) is 0.896. The van der Waals surface area contributed by atoms with Crippen molar-refractivity contribution in [3.8, 4) is 0 Å². The number of amides is 1. The first-order valence-electron chi connectivity index (χ1n) is 10.1. The third kappa shape index (κ3) is 5.69. The maximum atomic E-state index is 12.9. The summed E-state index contributed by atoms with van der Waals surface area (Å²) in [5, 5.41) is 5.20. The Bertz CT molecular complexity index is 1010. The molecule has 4 aromatic rings. The lowest BCUT2D eigenvalue weighted by atomic mass is 10.0. The van der Waals surface area contributed by atoms with Gasteiger partial charge < -0.3 is 14.6 Å². The Morgan fingerprint density at radius 1 is 0.900 bits per heavy atom. The average molecular weight is 418 g/mol. The molecular weight excluding hydrogens is 392 g/mol. The minimum Gasteiger partial charge on any atom is -0.463 e. The van der Waals surface area contributed by atoms with E-state index in [-0.39, 0.29) is 5.91 Å². The Morgan fingerprint density at radius 3 is 2.50 bits per heavy atom. The number of carbonyl (C=O) groups excluding carboxylic acids is 1. The lowest BCUT2D eigenvalue weighted by molar-refractivity contribution is -0.920. The summed E-state index contributed by atoms with van der Waals surface area (Å²) in [5.41, 5.74) is 3.21. The molecule has 0 aliphatic heterocycles. The quantitative estimate of drug-likeness (QED) is 0.430. The minimum absolute atomic E-state index is 0.00799. The van der Waals surface area contributed by atoms with Gasteiger partial charge in [-0.15, -0.1) is 11.3 Å². The molecule has 0 aliphatic rings. The highest BCUT2D eigenvalue weighted by Crippen LogP contribution is 2.19. The third-order valence-corrected chi connectivity index (χ3v) is 5.82. The molecule has 1 atom stereocenters. The summed E-state index contributed by atoms with van der Waals surface area (Å²) in [6.07, 6.45) is 2.47. The SMILES string of the molecule is O=C(C[NH+](Cc1ccco1)Cc1cccs1)Nc1ccccc1Cc1ccccc1. The molecule has 1 unspecified atom stereocenters. The van der Waals surface area contributed by atoms with E-state index in [4.69, 9.17) is 4.42 Å². The van der Waals surface area contributed by atoms with Crippen LogP contribution in [0, 0.1) is 0 Å². The van der Waals surface area contributed by atoms with E-state index in [1.54, 1.807) is 17.6 Å². The van der Waals surface area contributed by atoms with Crippen LogP contribution in [0.25, 0.3) is 0 Å². The monoisotopic (exact) mass is 417 g/mol. The molecule has 30 heavy (non-hydrogen) atoms. The number of rotatable bonds is 9. The third-order valence-electron chi connectivity index (χ3n) is 4.95. The summed E-state index contributed by atoms with van der Waals surface area (Å²) in [7, 11) is 0. The van der Waals surface area contributed by atoms with Crippen LogP contribution >= 0.6 is 11.3 Å². The molecule has 2 heterocycles. The average Bonchev–Trinajstić information content (AvgIpc) is 3.45. The van der Waals surface area contributed by atoms with E-state index in [2.05, 4.69) is 35.0 Å². The van der Waals surface area contributed by atoms with Gasteiger partial charge in [-0.2, -0.15) is 0 Å². The van der Waals surface area contributed by atoms with Crippen molar-refractivity contribution in [2.24, 2.45) is 0 Å². The molecule has 0 spiro atoms. The summed E-state index contributed by atoms with van der Waals surface area (Å²) >= 11 is 1.72. The molecule has 152 valence electrons. The van der Waals surface area contributed by atoms with Gasteiger partial charge >= 0.3 is 0 Å². The second-order valence-electron chi connectivity index (χ2n) is 7.31. The van der Waals surface area contributed by atoms with Gasteiger partial charge in [0.15, 0.2) is 12.3 Å². The minimum atomic E-state index is 0.00799.